The Hall–Kier alpha value is -2.33. The minimum Gasteiger partial charge on any atom is -0.490 e. The number of hydrogen-bond donors (Lipinski definition) is 0. The summed E-state index contributed by atoms with van der Waals surface area (Å²) in [6.45, 7) is 3.93. The molecule has 1 fully saturated rings. The second-order valence-corrected chi connectivity index (χ2v) is 6.33. The number of carbonyl (C=O) groups is 1. The maximum absolute atomic E-state index is 11.8. The number of ether oxygens (including phenoxy) is 2. The van der Waals surface area contributed by atoms with Gasteiger partial charge in [-0.15, -0.1) is 0 Å². The Morgan fingerprint density at radius 3 is 2.52 bits per heavy atom. The van der Waals surface area contributed by atoms with Gasteiger partial charge in [-0.1, -0.05) is 36.8 Å². The van der Waals surface area contributed by atoms with Gasteiger partial charge >= 0.3 is 5.97 Å². The van der Waals surface area contributed by atoms with Crippen molar-refractivity contribution in [3.05, 3.63) is 65.7 Å². The zero-order valence-electron chi connectivity index (χ0n) is 14.5. The molecule has 2 aromatic carbocycles. The van der Waals surface area contributed by atoms with Crippen LogP contribution in [0.1, 0.15) is 35.2 Å². The molecule has 0 aliphatic carbocycles. The normalized spacial score (nSPS) is 14.9. The predicted octanol–water partition coefficient (Wildman–Crippen LogP) is 3.91. The molecule has 1 saturated heterocycles. The Labute approximate surface area is 149 Å². The molecule has 132 valence electrons. The monoisotopic (exact) mass is 339 g/mol. The lowest BCUT2D eigenvalue weighted by Gasteiger charge is -2.26. The van der Waals surface area contributed by atoms with E-state index < -0.39 is 0 Å². The highest BCUT2D eigenvalue weighted by Gasteiger charge is 2.11. The maximum Gasteiger partial charge on any atom is 0.338 e. The van der Waals surface area contributed by atoms with Crippen LogP contribution in [0.15, 0.2) is 54.6 Å². The van der Waals surface area contributed by atoms with Crippen LogP contribution in [-0.2, 0) is 11.3 Å². The van der Waals surface area contributed by atoms with Crippen molar-refractivity contribution in [3.63, 3.8) is 0 Å². The van der Waals surface area contributed by atoms with Crippen molar-refractivity contribution >= 4 is 5.97 Å². The molecule has 0 unspecified atom stereocenters. The summed E-state index contributed by atoms with van der Waals surface area (Å²) in [7, 11) is 0. The smallest absolute Gasteiger partial charge is 0.338 e. The fraction of sp³-hybridized carbons (Fsp3) is 0.381. The molecule has 4 nitrogen and oxygen atoms in total. The Morgan fingerprint density at radius 2 is 1.72 bits per heavy atom. The molecule has 2 aromatic rings. The molecular weight excluding hydrogens is 314 g/mol. The van der Waals surface area contributed by atoms with E-state index in [9.17, 15) is 4.79 Å². The van der Waals surface area contributed by atoms with Crippen LogP contribution in [0, 0.1) is 0 Å². The number of carbonyl (C=O) groups excluding carboxylic acids is 1. The fourth-order valence-electron chi connectivity index (χ4n) is 3.06. The summed E-state index contributed by atoms with van der Waals surface area (Å²) in [5, 5.41) is 0. The Bertz CT molecular complexity index is 666. The third kappa shape index (κ3) is 5.61. The van der Waals surface area contributed by atoms with E-state index in [2.05, 4.69) is 17.0 Å². The minimum atomic E-state index is -0.317. The average molecular weight is 339 g/mol. The van der Waals surface area contributed by atoms with E-state index in [1.807, 2.05) is 30.3 Å². The Morgan fingerprint density at radius 1 is 0.920 bits per heavy atom. The van der Waals surface area contributed by atoms with Gasteiger partial charge in [0.2, 0.25) is 0 Å². The summed E-state index contributed by atoms with van der Waals surface area (Å²) >= 11 is 0. The van der Waals surface area contributed by atoms with Gasteiger partial charge < -0.3 is 9.47 Å². The van der Waals surface area contributed by atoms with E-state index in [-0.39, 0.29) is 12.6 Å². The van der Waals surface area contributed by atoms with Crippen molar-refractivity contribution in [2.75, 3.05) is 26.3 Å². The zero-order chi connectivity index (χ0) is 17.3. The summed E-state index contributed by atoms with van der Waals surface area (Å²) in [5.74, 6) is 0.508. The van der Waals surface area contributed by atoms with Gasteiger partial charge in [0, 0.05) is 6.54 Å². The average Bonchev–Trinajstić information content (AvgIpc) is 2.67. The molecule has 0 atom stereocenters. The van der Waals surface area contributed by atoms with Gasteiger partial charge in [-0.3, -0.25) is 4.90 Å². The lowest BCUT2D eigenvalue weighted by molar-refractivity contribution is 0.0450. The maximum atomic E-state index is 11.8. The number of rotatable bonds is 7. The van der Waals surface area contributed by atoms with Crippen LogP contribution < -0.4 is 4.74 Å². The van der Waals surface area contributed by atoms with E-state index in [1.165, 1.54) is 37.9 Å². The Balaban J connectivity index is 1.42. The molecular formula is C21H25NO3. The lowest BCUT2D eigenvalue weighted by atomic mass is 10.1. The highest BCUT2D eigenvalue weighted by molar-refractivity contribution is 5.89. The number of benzene rings is 2. The summed E-state index contributed by atoms with van der Waals surface area (Å²) in [5.41, 5.74) is 1.83. The van der Waals surface area contributed by atoms with Crippen molar-refractivity contribution in [2.45, 2.75) is 25.8 Å². The highest BCUT2D eigenvalue weighted by atomic mass is 16.6. The molecule has 0 saturated carbocycles. The molecule has 0 bridgehead atoms. The van der Waals surface area contributed by atoms with Crippen LogP contribution in [0.25, 0.3) is 0 Å². The second kappa shape index (κ2) is 9.23. The second-order valence-electron chi connectivity index (χ2n) is 6.33. The first-order chi connectivity index (χ1) is 12.3. The molecule has 1 heterocycles. The first kappa shape index (κ1) is 17.5. The molecule has 0 aromatic heterocycles. The number of piperidine rings is 1. The lowest BCUT2D eigenvalue weighted by Crippen LogP contribution is -2.29. The van der Waals surface area contributed by atoms with Gasteiger partial charge in [0.05, 0.1) is 5.56 Å². The number of likely N-dealkylation sites (tertiary alicyclic amines) is 1. The topological polar surface area (TPSA) is 38.8 Å². The molecule has 0 spiro atoms. The van der Waals surface area contributed by atoms with Gasteiger partial charge in [-0.05, 0) is 55.8 Å². The van der Waals surface area contributed by atoms with Crippen molar-refractivity contribution in [1.82, 2.24) is 4.90 Å². The molecule has 25 heavy (non-hydrogen) atoms. The van der Waals surface area contributed by atoms with Crippen LogP contribution >= 0.6 is 0 Å². The zero-order valence-corrected chi connectivity index (χ0v) is 14.5. The van der Waals surface area contributed by atoms with Crippen LogP contribution in [0.4, 0.5) is 0 Å². The summed E-state index contributed by atoms with van der Waals surface area (Å²) in [4.78, 5) is 14.3. The Kier molecular flexibility index (Phi) is 6.46. The molecule has 0 amide bonds. The third-order valence-electron chi connectivity index (χ3n) is 4.35. The number of nitrogens with zero attached hydrogens (tertiary/aromatic N) is 1. The van der Waals surface area contributed by atoms with E-state index in [0.29, 0.717) is 12.2 Å². The third-order valence-corrected chi connectivity index (χ3v) is 4.35. The van der Waals surface area contributed by atoms with Gasteiger partial charge in [-0.25, -0.2) is 4.79 Å². The summed E-state index contributed by atoms with van der Waals surface area (Å²) in [6.07, 6.45) is 3.94. The molecule has 1 aliphatic rings. The van der Waals surface area contributed by atoms with E-state index in [4.69, 9.17) is 9.47 Å². The van der Waals surface area contributed by atoms with Crippen molar-refractivity contribution in [1.29, 1.82) is 0 Å². The van der Waals surface area contributed by atoms with E-state index >= 15 is 0 Å². The van der Waals surface area contributed by atoms with Gasteiger partial charge in [0.25, 0.3) is 0 Å². The number of hydrogen-bond acceptors (Lipinski definition) is 4. The molecule has 0 radical (unpaired) electrons. The van der Waals surface area contributed by atoms with E-state index in [0.717, 1.165) is 12.3 Å². The van der Waals surface area contributed by atoms with Gasteiger partial charge in [0.1, 0.15) is 19.0 Å². The van der Waals surface area contributed by atoms with Crippen molar-refractivity contribution in [3.8, 4) is 5.75 Å². The van der Waals surface area contributed by atoms with Crippen molar-refractivity contribution < 1.29 is 14.3 Å². The van der Waals surface area contributed by atoms with Gasteiger partial charge in [-0.2, -0.15) is 0 Å². The van der Waals surface area contributed by atoms with Gasteiger partial charge in [0.15, 0.2) is 0 Å². The highest BCUT2D eigenvalue weighted by Crippen LogP contribution is 2.17. The fourth-order valence-corrected chi connectivity index (χ4v) is 3.06. The quantitative estimate of drug-likeness (QED) is 0.566. The SMILES string of the molecule is O=C(OCCOc1cccc(CN2CCCCC2)c1)c1ccccc1. The first-order valence-electron chi connectivity index (χ1n) is 8.97. The van der Waals surface area contributed by atoms with Crippen LogP contribution in [0.2, 0.25) is 0 Å². The molecule has 3 rings (SSSR count). The summed E-state index contributed by atoms with van der Waals surface area (Å²) < 4.78 is 11.0. The molecule has 0 N–H and O–H groups in total. The van der Waals surface area contributed by atoms with Crippen molar-refractivity contribution in [2.24, 2.45) is 0 Å². The summed E-state index contributed by atoms with van der Waals surface area (Å²) in [6, 6.07) is 17.2. The number of esters is 1. The minimum absolute atomic E-state index is 0.240. The molecule has 4 heteroatoms. The van der Waals surface area contributed by atoms with Crippen LogP contribution in [-0.4, -0.2) is 37.2 Å². The largest absolute Gasteiger partial charge is 0.490 e. The predicted molar refractivity (Wildman–Crippen MR) is 97.8 cm³/mol. The first-order valence-corrected chi connectivity index (χ1v) is 8.97. The van der Waals surface area contributed by atoms with Crippen LogP contribution in [0.5, 0.6) is 5.75 Å². The molecule has 1 aliphatic heterocycles. The van der Waals surface area contributed by atoms with E-state index in [1.54, 1.807) is 12.1 Å². The van der Waals surface area contributed by atoms with Crippen LogP contribution in [0.3, 0.4) is 0 Å². The standard InChI is InChI=1S/C21H25NO3/c23-21(19-9-3-1-4-10-19)25-15-14-24-20-11-7-8-18(16-20)17-22-12-5-2-6-13-22/h1,3-4,7-11,16H,2,5-6,12-15,17H2.